The first-order valence-corrected chi connectivity index (χ1v) is 14.4. The summed E-state index contributed by atoms with van der Waals surface area (Å²) in [6.07, 6.45) is 7.18. The van der Waals surface area contributed by atoms with Crippen molar-refractivity contribution in [2.24, 2.45) is 22.7 Å². The van der Waals surface area contributed by atoms with E-state index < -0.39 is 18.2 Å². The number of carbonyl (C=O) groups excluding carboxylic acids is 2. The SMILES string of the molecule is CCc1cc(OCCO)ccc1C1=CC2C=CC(OCC(O)COC(=O)C(CC(C)(C)C)C(C)(C)C)=CC2OC1=O. The van der Waals surface area contributed by atoms with Crippen molar-refractivity contribution in [1.29, 1.82) is 0 Å². The molecule has 0 radical (unpaired) electrons. The summed E-state index contributed by atoms with van der Waals surface area (Å²) in [4.78, 5) is 25.8. The van der Waals surface area contributed by atoms with Crippen molar-refractivity contribution in [3.8, 4) is 5.75 Å². The smallest absolute Gasteiger partial charge is 0.339 e. The number of aryl methyl sites for hydroxylation is 1. The van der Waals surface area contributed by atoms with Gasteiger partial charge in [0.05, 0.1) is 18.1 Å². The average Bonchev–Trinajstić information content (AvgIpc) is 2.90. The molecule has 1 aromatic carbocycles. The van der Waals surface area contributed by atoms with Gasteiger partial charge in [-0.1, -0.05) is 66.7 Å². The summed E-state index contributed by atoms with van der Waals surface area (Å²) >= 11 is 0. The van der Waals surface area contributed by atoms with Gasteiger partial charge in [0.15, 0.2) is 0 Å². The van der Waals surface area contributed by atoms with Crippen LogP contribution in [0.15, 0.2) is 48.3 Å². The van der Waals surface area contributed by atoms with Gasteiger partial charge in [0, 0.05) is 5.92 Å². The molecule has 3 rings (SSSR count). The molecule has 1 aliphatic heterocycles. The van der Waals surface area contributed by atoms with E-state index in [9.17, 15) is 14.7 Å². The Labute approximate surface area is 244 Å². The van der Waals surface area contributed by atoms with Gasteiger partial charge < -0.3 is 29.2 Å². The molecule has 0 amide bonds. The Bertz CT molecular complexity index is 1160. The summed E-state index contributed by atoms with van der Waals surface area (Å²) in [5.74, 6) is -0.0796. The second-order valence-corrected chi connectivity index (χ2v) is 13.0. The Morgan fingerprint density at radius 2 is 1.80 bits per heavy atom. The number of hydrogen-bond acceptors (Lipinski definition) is 8. The lowest BCUT2D eigenvalue weighted by Crippen LogP contribution is -2.35. The molecule has 0 aromatic heterocycles. The molecule has 8 nitrogen and oxygen atoms in total. The Hall–Kier alpha value is -3.10. The fourth-order valence-electron chi connectivity index (χ4n) is 4.90. The Kier molecular flexibility index (Phi) is 10.8. The summed E-state index contributed by atoms with van der Waals surface area (Å²) < 4.78 is 22.5. The van der Waals surface area contributed by atoms with Crippen LogP contribution in [0.1, 0.15) is 66.0 Å². The number of fused-ring (bicyclic) bond motifs is 1. The van der Waals surface area contributed by atoms with Crippen molar-refractivity contribution in [3.63, 3.8) is 0 Å². The van der Waals surface area contributed by atoms with E-state index in [1.165, 1.54) is 0 Å². The molecule has 226 valence electrons. The van der Waals surface area contributed by atoms with Crippen molar-refractivity contribution in [1.82, 2.24) is 0 Å². The van der Waals surface area contributed by atoms with E-state index in [-0.39, 0.29) is 55.1 Å². The highest BCUT2D eigenvalue weighted by Gasteiger charge is 2.36. The van der Waals surface area contributed by atoms with Crippen LogP contribution in [0, 0.1) is 22.7 Å². The first kappa shape index (κ1) is 32.4. The molecule has 0 bridgehead atoms. The molecule has 41 heavy (non-hydrogen) atoms. The predicted molar refractivity (Wildman–Crippen MR) is 157 cm³/mol. The summed E-state index contributed by atoms with van der Waals surface area (Å²) in [6.45, 7) is 14.2. The first-order valence-electron chi connectivity index (χ1n) is 14.4. The van der Waals surface area contributed by atoms with Crippen LogP contribution in [0.3, 0.4) is 0 Å². The van der Waals surface area contributed by atoms with E-state index in [0.29, 0.717) is 29.9 Å². The molecule has 1 aliphatic carbocycles. The molecule has 0 saturated heterocycles. The van der Waals surface area contributed by atoms with Gasteiger partial charge >= 0.3 is 11.9 Å². The van der Waals surface area contributed by atoms with Crippen molar-refractivity contribution >= 4 is 17.5 Å². The molecule has 2 N–H and O–H groups in total. The van der Waals surface area contributed by atoms with Gasteiger partial charge in [-0.3, -0.25) is 4.79 Å². The maximum atomic E-state index is 13.0. The molecule has 1 heterocycles. The lowest BCUT2D eigenvalue weighted by molar-refractivity contribution is -0.157. The van der Waals surface area contributed by atoms with E-state index in [4.69, 9.17) is 24.1 Å². The maximum absolute atomic E-state index is 13.0. The highest BCUT2D eigenvalue weighted by Crippen LogP contribution is 2.37. The average molecular weight is 571 g/mol. The van der Waals surface area contributed by atoms with E-state index >= 15 is 0 Å². The van der Waals surface area contributed by atoms with Gasteiger partial charge in [-0.25, -0.2) is 4.79 Å². The van der Waals surface area contributed by atoms with Crippen molar-refractivity contribution in [2.75, 3.05) is 26.4 Å². The number of ether oxygens (including phenoxy) is 4. The Balaban J connectivity index is 1.58. The molecule has 0 fully saturated rings. The zero-order valence-corrected chi connectivity index (χ0v) is 25.4. The van der Waals surface area contributed by atoms with Crippen LogP contribution in [0.25, 0.3) is 5.57 Å². The molecule has 2 aliphatic rings. The van der Waals surface area contributed by atoms with Crippen LogP contribution < -0.4 is 4.74 Å². The van der Waals surface area contributed by atoms with Crippen LogP contribution >= 0.6 is 0 Å². The Morgan fingerprint density at radius 3 is 2.44 bits per heavy atom. The van der Waals surface area contributed by atoms with Crippen molar-refractivity contribution in [2.45, 2.75) is 73.5 Å². The Morgan fingerprint density at radius 1 is 1.07 bits per heavy atom. The van der Waals surface area contributed by atoms with Gasteiger partial charge in [-0.15, -0.1) is 0 Å². The molecular weight excluding hydrogens is 524 g/mol. The number of esters is 2. The lowest BCUT2D eigenvalue weighted by atomic mass is 9.72. The third kappa shape index (κ3) is 9.20. The van der Waals surface area contributed by atoms with Crippen LogP contribution in [0.5, 0.6) is 5.75 Å². The van der Waals surface area contributed by atoms with E-state index in [1.54, 1.807) is 18.2 Å². The standard InChI is InChI=1S/C33H46O8/c1-8-21-15-24(38-14-13-34)11-12-26(21)27-16-22-9-10-25(17-29(22)41-30(27)36)39-19-23(35)20-40-31(37)28(33(5,6)7)18-32(2,3)4/h9-12,15-17,22-23,28-29,34-35H,8,13-14,18-20H2,1-7H3. The van der Waals surface area contributed by atoms with E-state index in [0.717, 1.165) is 11.1 Å². The van der Waals surface area contributed by atoms with Crippen molar-refractivity contribution < 1.29 is 38.7 Å². The highest BCUT2D eigenvalue weighted by atomic mass is 16.6. The minimum atomic E-state index is -1.00. The number of rotatable bonds is 12. The summed E-state index contributed by atoms with van der Waals surface area (Å²) in [6, 6.07) is 5.50. The molecule has 0 saturated carbocycles. The third-order valence-corrected chi connectivity index (χ3v) is 7.13. The lowest BCUT2D eigenvalue weighted by Gasteiger charge is -2.34. The van der Waals surface area contributed by atoms with Crippen LogP contribution in [0.4, 0.5) is 0 Å². The van der Waals surface area contributed by atoms with E-state index in [1.807, 2.05) is 52.0 Å². The minimum Gasteiger partial charge on any atom is -0.491 e. The summed E-state index contributed by atoms with van der Waals surface area (Å²) in [5, 5.41) is 19.4. The van der Waals surface area contributed by atoms with Gasteiger partial charge in [-0.2, -0.15) is 0 Å². The molecule has 8 heteroatoms. The van der Waals surface area contributed by atoms with Gasteiger partial charge in [0.25, 0.3) is 0 Å². The van der Waals surface area contributed by atoms with E-state index in [2.05, 4.69) is 20.8 Å². The zero-order chi connectivity index (χ0) is 30.4. The number of aliphatic hydroxyl groups excluding tert-OH is 2. The summed E-state index contributed by atoms with van der Waals surface area (Å²) in [7, 11) is 0. The molecular formula is C33H46O8. The van der Waals surface area contributed by atoms with Gasteiger partial charge in [0.1, 0.15) is 43.5 Å². The second kappa shape index (κ2) is 13.7. The van der Waals surface area contributed by atoms with Gasteiger partial charge in [-0.05, 0) is 59.1 Å². The number of benzene rings is 1. The molecule has 1 aromatic rings. The normalized spacial score (nSPS) is 20.3. The second-order valence-electron chi connectivity index (χ2n) is 13.0. The number of hydrogen-bond donors (Lipinski definition) is 2. The maximum Gasteiger partial charge on any atom is 0.339 e. The fourth-order valence-corrected chi connectivity index (χ4v) is 4.90. The van der Waals surface area contributed by atoms with Gasteiger partial charge in [0.2, 0.25) is 0 Å². The fraction of sp³-hybridized carbons (Fsp3) is 0.576. The summed E-state index contributed by atoms with van der Waals surface area (Å²) in [5.41, 5.74) is 1.94. The van der Waals surface area contributed by atoms with Crippen LogP contribution in [0.2, 0.25) is 0 Å². The third-order valence-electron chi connectivity index (χ3n) is 7.13. The molecule has 0 spiro atoms. The monoisotopic (exact) mass is 570 g/mol. The topological polar surface area (TPSA) is 112 Å². The van der Waals surface area contributed by atoms with Crippen molar-refractivity contribution in [3.05, 3.63) is 59.4 Å². The highest BCUT2D eigenvalue weighted by molar-refractivity contribution is 6.17. The number of allylic oxidation sites excluding steroid dienone is 1. The van der Waals surface area contributed by atoms with Crippen LogP contribution in [-0.4, -0.2) is 60.8 Å². The first-order chi connectivity index (χ1) is 19.2. The van der Waals surface area contributed by atoms with Crippen LogP contribution in [-0.2, 0) is 30.2 Å². The molecule has 4 unspecified atom stereocenters. The predicted octanol–water partition coefficient (Wildman–Crippen LogP) is 5.02. The quantitative estimate of drug-likeness (QED) is 0.337. The number of aliphatic hydroxyl groups is 2. The minimum absolute atomic E-state index is 0.0344. The molecule has 4 atom stereocenters. The largest absolute Gasteiger partial charge is 0.491 e. The number of carbonyl (C=O) groups is 2. The zero-order valence-electron chi connectivity index (χ0n) is 25.4.